The van der Waals surface area contributed by atoms with Crippen LogP contribution >= 0.6 is 11.6 Å². The van der Waals surface area contributed by atoms with Crippen LogP contribution in [0.3, 0.4) is 0 Å². The van der Waals surface area contributed by atoms with Crippen molar-refractivity contribution in [1.82, 2.24) is 25.3 Å². The lowest BCUT2D eigenvalue weighted by Crippen LogP contribution is -2.25. The first kappa shape index (κ1) is 24.8. The van der Waals surface area contributed by atoms with Gasteiger partial charge in [0.25, 0.3) is 11.8 Å². The second-order valence-electron chi connectivity index (χ2n) is 8.09. The van der Waals surface area contributed by atoms with Gasteiger partial charge in [-0.05, 0) is 29.8 Å². The van der Waals surface area contributed by atoms with E-state index in [0.29, 0.717) is 11.3 Å². The highest BCUT2D eigenvalue weighted by atomic mass is 35.5. The van der Waals surface area contributed by atoms with E-state index in [4.69, 9.17) is 11.6 Å². The van der Waals surface area contributed by atoms with Crippen molar-refractivity contribution in [1.29, 1.82) is 0 Å². The van der Waals surface area contributed by atoms with Gasteiger partial charge in [-0.25, -0.2) is 23.7 Å². The number of benzene rings is 2. The minimum Gasteiger partial charge on any atom is -0.346 e. The minimum absolute atomic E-state index is 0.00749. The number of H-pyrrole nitrogens is 1. The van der Waals surface area contributed by atoms with E-state index < -0.39 is 17.5 Å². The van der Waals surface area contributed by atoms with Crippen LogP contribution in [0.2, 0.25) is 5.15 Å². The van der Waals surface area contributed by atoms with E-state index in [1.54, 1.807) is 24.4 Å². The Hall–Kier alpha value is -4.90. The number of hydrogen-bond donors (Lipinski definition) is 4. The maximum Gasteiger partial charge on any atom is 0.289 e. The summed E-state index contributed by atoms with van der Waals surface area (Å²) in [5.74, 6) is -2.87. The molecule has 0 spiro atoms. The summed E-state index contributed by atoms with van der Waals surface area (Å²) in [5, 5.41) is 8.26. The van der Waals surface area contributed by atoms with Gasteiger partial charge in [-0.3, -0.25) is 9.59 Å². The van der Waals surface area contributed by atoms with Crippen LogP contribution < -0.4 is 16.0 Å². The fourth-order valence-corrected chi connectivity index (χ4v) is 3.87. The summed E-state index contributed by atoms with van der Waals surface area (Å²) >= 11 is 6.01. The molecule has 0 saturated heterocycles. The predicted molar refractivity (Wildman–Crippen MR) is 140 cm³/mol. The molecule has 5 rings (SSSR count). The van der Waals surface area contributed by atoms with Crippen LogP contribution in [0.1, 0.15) is 27.4 Å². The number of rotatable bonds is 7. The van der Waals surface area contributed by atoms with E-state index in [1.165, 1.54) is 18.5 Å². The number of halogens is 3. The second-order valence-corrected chi connectivity index (χ2v) is 8.48. The number of hydrogen-bond acceptors (Lipinski definition) is 6. The molecular formula is C26H18ClF2N7O2. The van der Waals surface area contributed by atoms with Crippen LogP contribution in [0, 0.1) is 11.6 Å². The molecule has 38 heavy (non-hydrogen) atoms. The number of carbonyl (C=O) groups excluding carboxylic acids is 2. The minimum atomic E-state index is -1.03. The SMILES string of the molecule is O=C1Nc2cc(/C=C/CNC(=O)c3nc(Cl)cc(Nc4ccc(F)c(F)c4)n3)ccc2C1=Cc1cnc[nH]1. The quantitative estimate of drug-likeness (QED) is 0.200. The maximum absolute atomic E-state index is 13.5. The number of carbonyl (C=O) groups is 2. The Balaban J connectivity index is 1.21. The molecule has 0 atom stereocenters. The van der Waals surface area contributed by atoms with Crippen LogP contribution in [0.15, 0.2) is 61.1 Å². The van der Waals surface area contributed by atoms with Gasteiger partial charge in [-0.2, -0.15) is 0 Å². The summed E-state index contributed by atoms with van der Waals surface area (Å²) < 4.78 is 26.6. The average molecular weight is 534 g/mol. The molecule has 9 nitrogen and oxygen atoms in total. The van der Waals surface area contributed by atoms with Crippen molar-refractivity contribution >= 4 is 58.3 Å². The molecule has 0 saturated carbocycles. The zero-order valence-corrected chi connectivity index (χ0v) is 20.2. The number of nitrogens with zero attached hydrogens (tertiary/aromatic N) is 3. The standard InChI is InChI=1S/C26H18ClF2N7O2/c27-22-11-23(33-15-4-6-19(28)20(29)10-15)36-24(35-22)26(38)31-7-1-2-14-3-5-17-18(9-16-12-30-13-32-16)25(37)34-21(17)8-14/h1-6,8-13H,7H2,(H,30,32)(H,31,38)(H,34,37)(H,33,35,36)/b2-1+,18-9?. The molecule has 190 valence electrons. The second kappa shape index (κ2) is 10.6. The molecule has 2 aromatic carbocycles. The zero-order valence-electron chi connectivity index (χ0n) is 19.4. The molecule has 2 aromatic heterocycles. The molecule has 12 heteroatoms. The number of nitrogens with one attached hydrogen (secondary N) is 4. The van der Waals surface area contributed by atoms with Gasteiger partial charge < -0.3 is 20.9 Å². The highest BCUT2D eigenvalue weighted by molar-refractivity contribution is 6.34. The lowest BCUT2D eigenvalue weighted by Gasteiger charge is -2.08. The third-order valence-electron chi connectivity index (χ3n) is 5.43. The van der Waals surface area contributed by atoms with E-state index in [1.807, 2.05) is 18.2 Å². The van der Waals surface area contributed by atoms with E-state index in [9.17, 15) is 18.4 Å². The smallest absolute Gasteiger partial charge is 0.289 e. The Morgan fingerprint density at radius 2 is 1.95 bits per heavy atom. The summed E-state index contributed by atoms with van der Waals surface area (Å²) in [4.78, 5) is 39.8. The Morgan fingerprint density at radius 3 is 2.74 bits per heavy atom. The fourth-order valence-electron chi connectivity index (χ4n) is 3.69. The monoisotopic (exact) mass is 533 g/mol. The highest BCUT2D eigenvalue weighted by Crippen LogP contribution is 2.33. The fraction of sp³-hybridized carbons (Fsp3) is 0.0385. The van der Waals surface area contributed by atoms with Gasteiger partial charge in [0.05, 0.1) is 23.8 Å². The van der Waals surface area contributed by atoms with Crippen molar-refractivity contribution in [2.75, 3.05) is 17.2 Å². The van der Waals surface area contributed by atoms with Gasteiger partial charge >= 0.3 is 0 Å². The zero-order chi connectivity index (χ0) is 26.6. The summed E-state index contributed by atoms with van der Waals surface area (Å²) in [6.45, 7) is 0.162. The van der Waals surface area contributed by atoms with Crippen LogP contribution in [0.25, 0.3) is 17.7 Å². The molecule has 2 amide bonds. The van der Waals surface area contributed by atoms with Crippen molar-refractivity contribution < 1.29 is 18.4 Å². The molecule has 0 bridgehead atoms. The molecule has 0 aliphatic carbocycles. The Labute approximate surface area is 219 Å². The first-order valence-electron chi connectivity index (χ1n) is 11.2. The van der Waals surface area contributed by atoms with Crippen molar-refractivity contribution in [3.63, 3.8) is 0 Å². The topological polar surface area (TPSA) is 125 Å². The van der Waals surface area contributed by atoms with E-state index >= 15 is 0 Å². The largest absolute Gasteiger partial charge is 0.346 e. The van der Waals surface area contributed by atoms with E-state index in [2.05, 4.69) is 35.9 Å². The molecular weight excluding hydrogens is 516 g/mol. The number of imidazole rings is 1. The van der Waals surface area contributed by atoms with Crippen molar-refractivity contribution in [2.24, 2.45) is 0 Å². The lowest BCUT2D eigenvalue weighted by molar-refractivity contribution is -0.110. The van der Waals surface area contributed by atoms with Gasteiger partial charge in [0, 0.05) is 35.6 Å². The normalized spacial score (nSPS) is 13.6. The molecule has 0 radical (unpaired) electrons. The Morgan fingerprint density at radius 1 is 1.08 bits per heavy atom. The molecule has 4 N–H and O–H groups in total. The number of aromatic nitrogens is 4. The van der Waals surface area contributed by atoms with Crippen LogP contribution in [-0.4, -0.2) is 38.3 Å². The average Bonchev–Trinajstić information content (AvgIpc) is 3.51. The number of anilines is 3. The van der Waals surface area contributed by atoms with Crippen LogP contribution in [0.5, 0.6) is 0 Å². The molecule has 1 aliphatic heterocycles. The Kier molecular flexibility index (Phi) is 6.92. The number of fused-ring (bicyclic) bond motifs is 1. The van der Waals surface area contributed by atoms with Gasteiger partial charge in [-0.15, -0.1) is 0 Å². The third-order valence-corrected chi connectivity index (χ3v) is 5.62. The summed E-state index contributed by atoms with van der Waals surface area (Å²) in [6.07, 6.45) is 8.41. The van der Waals surface area contributed by atoms with Gasteiger partial charge in [0.2, 0.25) is 5.82 Å². The van der Waals surface area contributed by atoms with Gasteiger partial charge in [0.1, 0.15) is 11.0 Å². The van der Waals surface area contributed by atoms with Gasteiger partial charge in [-0.1, -0.05) is 35.9 Å². The number of aromatic amines is 1. The van der Waals surface area contributed by atoms with Crippen molar-refractivity contribution in [2.45, 2.75) is 0 Å². The van der Waals surface area contributed by atoms with Gasteiger partial charge in [0.15, 0.2) is 11.6 Å². The van der Waals surface area contributed by atoms with E-state index in [0.717, 1.165) is 29.0 Å². The molecule has 1 aliphatic rings. The maximum atomic E-state index is 13.5. The molecule has 0 fully saturated rings. The molecule has 4 aromatic rings. The molecule has 3 heterocycles. The van der Waals surface area contributed by atoms with Crippen molar-refractivity contribution in [3.05, 3.63) is 100 Å². The molecule has 0 unspecified atom stereocenters. The summed E-state index contributed by atoms with van der Waals surface area (Å²) in [7, 11) is 0. The summed E-state index contributed by atoms with van der Waals surface area (Å²) in [5.41, 5.74) is 3.76. The lowest BCUT2D eigenvalue weighted by atomic mass is 10.0. The van der Waals surface area contributed by atoms with E-state index in [-0.39, 0.29) is 34.9 Å². The number of amides is 2. The van der Waals surface area contributed by atoms with Crippen LogP contribution in [-0.2, 0) is 4.79 Å². The summed E-state index contributed by atoms with van der Waals surface area (Å²) in [6, 6.07) is 10.1. The highest BCUT2D eigenvalue weighted by Gasteiger charge is 2.24. The van der Waals surface area contributed by atoms with Crippen LogP contribution in [0.4, 0.5) is 26.0 Å². The van der Waals surface area contributed by atoms with Crippen molar-refractivity contribution in [3.8, 4) is 0 Å². The first-order chi connectivity index (χ1) is 18.4. The predicted octanol–water partition coefficient (Wildman–Crippen LogP) is 4.81. The Bertz CT molecular complexity index is 1600. The third kappa shape index (κ3) is 5.57. The first-order valence-corrected chi connectivity index (χ1v) is 11.6.